The number of anilines is 2. The molecule has 0 atom stereocenters. The number of amides is 1. The molecule has 0 aromatic heterocycles. The van der Waals surface area contributed by atoms with E-state index in [1.165, 1.54) is 0 Å². The Morgan fingerprint density at radius 2 is 1.92 bits per heavy atom. The Labute approximate surface area is 153 Å². The number of fused-ring (bicyclic) bond motifs is 1. The maximum Gasteiger partial charge on any atom is 0.262 e. The Kier molecular flexibility index (Phi) is 5.29. The zero-order chi connectivity index (χ0) is 18.7. The van der Waals surface area contributed by atoms with E-state index in [1.54, 1.807) is 61.4 Å². The topological polar surface area (TPSA) is 75.7 Å². The standard InChI is InChI=1S/C19H22N2O4S/c1-14-5-3-4-6-18(14)26(23,24)20-16-8-9-17-15(13-16)7-10-19(22)21(17)11-12-25-2/h3-6,8-9,13,20H,7,10-12H2,1-2H3. The molecule has 0 aliphatic carbocycles. The van der Waals surface area contributed by atoms with Gasteiger partial charge in [0.15, 0.2) is 0 Å². The van der Waals surface area contributed by atoms with Crippen LogP contribution in [0.1, 0.15) is 17.5 Å². The third-order valence-corrected chi connectivity index (χ3v) is 5.98. The van der Waals surface area contributed by atoms with Crippen LogP contribution < -0.4 is 9.62 Å². The fourth-order valence-corrected chi connectivity index (χ4v) is 4.42. The van der Waals surface area contributed by atoms with Crippen molar-refractivity contribution in [3.8, 4) is 0 Å². The Morgan fingerprint density at radius 3 is 2.65 bits per heavy atom. The Balaban J connectivity index is 1.88. The number of aryl methyl sites for hydroxylation is 2. The van der Waals surface area contributed by atoms with Gasteiger partial charge in [0, 0.05) is 31.5 Å². The molecule has 7 heteroatoms. The van der Waals surface area contributed by atoms with Crippen molar-refractivity contribution in [2.24, 2.45) is 0 Å². The number of benzene rings is 2. The molecule has 2 aromatic rings. The summed E-state index contributed by atoms with van der Waals surface area (Å²) in [6.07, 6.45) is 1.00. The molecular weight excluding hydrogens is 352 g/mol. The molecule has 0 unspecified atom stereocenters. The average molecular weight is 374 g/mol. The van der Waals surface area contributed by atoms with Crippen molar-refractivity contribution in [1.82, 2.24) is 0 Å². The van der Waals surface area contributed by atoms with E-state index in [0.717, 1.165) is 11.3 Å². The molecule has 1 N–H and O–H groups in total. The van der Waals surface area contributed by atoms with Gasteiger partial charge in [0.2, 0.25) is 5.91 Å². The second kappa shape index (κ2) is 7.47. The molecule has 2 aromatic carbocycles. The number of carbonyl (C=O) groups excluding carboxylic acids is 1. The molecule has 138 valence electrons. The predicted octanol–water partition coefficient (Wildman–Crippen LogP) is 2.72. The highest BCUT2D eigenvalue weighted by Crippen LogP contribution is 2.31. The fraction of sp³-hybridized carbons (Fsp3) is 0.316. The quantitative estimate of drug-likeness (QED) is 0.844. The smallest absolute Gasteiger partial charge is 0.262 e. The number of sulfonamides is 1. The molecular formula is C19H22N2O4S. The zero-order valence-corrected chi connectivity index (χ0v) is 15.7. The average Bonchev–Trinajstić information content (AvgIpc) is 2.61. The van der Waals surface area contributed by atoms with Gasteiger partial charge in [-0.25, -0.2) is 8.42 Å². The SMILES string of the molecule is COCCN1C(=O)CCc2cc(NS(=O)(=O)c3ccccc3C)ccc21. The summed E-state index contributed by atoms with van der Waals surface area (Å²) in [5, 5.41) is 0. The normalized spacial score (nSPS) is 14.2. The van der Waals surface area contributed by atoms with E-state index in [-0.39, 0.29) is 10.8 Å². The first-order valence-electron chi connectivity index (χ1n) is 8.43. The van der Waals surface area contributed by atoms with Gasteiger partial charge in [0.1, 0.15) is 0 Å². The molecule has 1 amide bonds. The van der Waals surface area contributed by atoms with Crippen molar-refractivity contribution in [3.05, 3.63) is 53.6 Å². The van der Waals surface area contributed by atoms with Crippen LogP contribution in [0.2, 0.25) is 0 Å². The molecule has 0 radical (unpaired) electrons. The van der Waals surface area contributed by atoms with Gasteiger partial charge >= 0.3 is 0 Å². The highest BCUT2D eigenvalue weighted by atomic mass is 32.2. The number of carbonyl (C=O) groups is 1. The first-order valence-corrected chi connectivity index (χ1v) is 9.91. The van der Waals surface area contributed by atoms with Gasteiger partial charge in [-0.15, -0.1) is 0 Å². The summed E-state index contributed by atoms with van der Waals surface area (Å²) < 4.78 is 33.0. The zero-order valence-electron chi connectivity index (χ0n) is 14.9. The largest absolute Gasteiger partial charge is 0.383 e. The molecule has 26 heavy (non-hydrogen) atoms. The predicted molar refractivity (Wildman–Crippen MR) is 101 cm³/mol. The third-order valence-electron chi connectivity index (χ3n) is 4.43. The van der Waals surface area contributed by atoms with Crippen LogP contribution in [0.4, 0.5) is 11.4 Å². The summed E-state index contributed by atoms with van der Waals surface area (Å²) in [7, 11) is -2.06. The van der Waals surface area contributed by atoms with Crippen molar-refractivity contribution in [1.29, 1.82) is 0 Å². The Bertz CT molecular complexity index is 925. The second-order valence-corrected chi connectivity index (χ2v) is 7.90. The lowest BCUT2D eigenvalue weighted by Gasteiger charge is -2.29. The van der Waals surface area contributed by atoms with Crippen LogP contribution >= 0.6 is 0 Å². The Hall–Kier alpha value is -2.38. The van der Waals surface area contributed by atoms with Crippen molar-refractivity contribution >= 4 is 27.3 Å². The van der Waals surface area contributed by atoms with E-state index >= 15 is 0 Å². The summed E-state index contributed by atoms with van der Waals surface area (Å²) in [6, 6.07) is 12.1. The van der Waals surface area contributed by atoms with Gasteiger partial charge in [-0.2, -0.15) is 0 Å². The summed E-state index contributed by atoms with van der Waals surface area (Å²) in [4.78, 5) is 14.1. The minimum Gasteiger partial charge on any atom is -0.383 e. The maximum absolute atomic E-state index is 12.7. The summed E-state index contributed by atoms with van der Waals surface area (Å²) >= 11 is 0. The van der Waals surface area contributed by atoms with E-state index in [2.05, 4.69) is 4.72 Å². The number of methoxy groups -OCH3 is 1. The van der Waals surface area contributed by atoms with Crippen LogP contribution in [0.15, 0.2) is 47.4 Å². The van der Waals surface area contributed by atoms with Gasteiger partial charge in [0.05, 0.1) is 11.5 Å². The summed E-state index contributed by atoms with van der Waals surface area (Å²) in [6.45, 7) is 2.70. The number of hydrogen-bond acceptors (Lipinski definition) is 4. The van der Waals surface area contributed by atoms with Crippen molar-refractivity contribution < 1.29 is 17.9 Å². The van der Waals surface area contributed by atoms with Gasteiger partial charge < -0.3 is 9.64 Å². The molecule has 0 saturated carbocycles. The number of rotatable bonds is 6. The first-order chi connectivity index (χ1) is 12.4. The van der Waals surface area contributed by atoms with Gasteiger partial charge in [0.25, 0.3) is 10.0 Å². The molecule has 0 spiro atoms. The molecule has 3 rings (SSSR count). The van der Waals surface area contributed by atoms with E-state index in [1.807, 2.05) is 0 Å². The van der Waals surface area contributed by atoms with Crippen LogP contribution in [0, 0.1) is 6.92 Å². The molecule has 1 heterocycles. The van der Waals surface area contributed by atoms with Crippen molar-refractivity contribution in [2.45, 2.75) is 24.7 Å². The number of nitrogens with one attached hydrogen (secondary N) is 1. The number of nitrogens with zero attached hydrogens (tertiary/aromatic N) is 1. The molecule has 0 fully saturated rings. The minimum atomic E-state index is -3.66. The van der Waals surface area contributed by atoms with E-state index in [9.17, 15) is 13.2 Å². The lowest BCUT2D eigenvalue weighted by Crippen LogP contribution is -2.37. The van der Waals surface area contributed by atoms with Gasteiger partial charge in [-0.3, -0.25) is 9.52 Å². The lowest BCUT2D eigenvalue weighted by atomic mass is 10.0. The van der Waals surface area contributed by atoms with Crippen LogP contribution in [-0.4, -0.2) is 34.6 Å². The van der Waals surface area contributed by atoms with Gasteiger partial charge in [-0.1, -0.05) is 18.2 Å². The van der Waals surface area contributed by atoms with E-state index < -0.39 is 10.0 Å². The highest BCUT2D eigenvalue weighted by Gasteiger charge is 2.25. The molecule has 1 aliphatic rings. The molecule has 0 saturated heterocycles. The first kappa shape index (κ1) is 18.4. The van der Waals surface area contributed by atoms with Crippen molar-refractivity contribution in [3.63, 3.8) is 0 Å². The molecule has 1 aliphatic heterocycles. The third kappa shape index (κ3) is 3.73. The van der Waals surface area contributed by atoms with Crippen LogP contribution in [0.25, 0.3) is 0 Å². The Morgan fingerprint density at radius 1 is 1.15 bits per heavy atom. The number of hydrogen-bond donors (Lipinski definition) is 1. The van der Waals surface area contributed by atoms with E-state index in [4.69, 9.17) is 4.74 Å². The molecule has 0 bridgehead atoms. The van der Waals surface area contributed by atoms with E-state index in [0.29, 0.717) is 37.2 Å². The van der Waals surface area contributed by atoms with Crippen LogP contribution in [0.5, 0.6) is 0 Å². The van der Waals surface area contributed by atoms with Gasteiger partial charge in [-0.05, 0) is 48.7 Å². The monoisotopic (exact) mass is 374 g/mol. The number of ether oxygens (including phenoxy) is 1. The maximum atomic E-state index is 12.7. The minimum absolute atomic E-state index is 0.0581. The second-order valence-electron chi connectivity index (χ2n) is 6.25. The fourth-order valence-electron chi connectivity index (χ4n) is 3.12. The van der Waals surface area contributed by atoms with Crippen LogP contribution in [-0.2, 0) is 26.0 Å². The lowest BCUT2D eigenvalue weighted by molar-refractivity contribution is -0.119. The summed E-state index contributed by atoms with van der Waals surface area (Å²) in [5.41, 5.74) is 2.95. The summed E-state index contributed by atoms with van der Waals surface area (Å²) in [5.74, 6) is 0.0581. The van der Waals surface area contributed by atoms with Crippen LogP contribution in [0.3, 0.4) is 0 Å². The van der Waals surface area contributed by atoms with Crippen molar-refractivity contribution in [2.75, 3.05) is 29.9 Å². The highest BCUT2D eigenvalue weighted by molar-refractivity contribution is 7.92. The molecule has 6 nitrogen and oxygen atoms in total.